The Morgan fingerprint density at radius 3 is 2.69 bits per heavy atom. The van der Waals surface area contributed by atoms with Gasteiger partial charge in [0.25, 0.3) is 0 Å². The summed E-state index contributed by atoms with van der Waals surface area (Å²) >= 11 is 0. The fourth-order valence-corrected chi connectivity index (χ4v) is 3.16. The molecule has 0 spiro atoms. The van der Waals surface area contributed by atoms with Crippen molar-refractivity contribution in [2.45, 2.75) is 39.2 Å². The first-order chi connectivity index (χ1) is 6.16. The van der Waals surface area contributed by atoms with Crippen LogP contribution >= 0.6 is 0 Å². The van der Waals surface area contributed by atoms with Gasteiger partial charge in [-0.3, -0.25) is 0 Å². The Morgan fingerprint density at radius 2 is 2.15 bits per heavy atom. The third-order valence-electron chi connectivity index (χ3n) is 4.24. The van der Waals surface area contributed by atoms with E-state index < -0.39 is 0 Å². The van der Waals surface area contributed by atoms with E-state index in [1.807, 2.05) is 0 Å². The summed E-state index contributed by atoms with van der Waals surface area (Å²) < 4.78 is 5.79. The lowest BCUT2D eigenvalue weighted by Crippen LogP contribution is -2.55. The molecule has 3 rings (SSSR count). The first kappa shape index (κ1) is 9.47. The molecule has 13 heavy (non-hydrogen) atoms. The normalized spacial score (nSPS) is 41.3. The summed E-state index contributed by atoms with van der Waals surface area (Å²) in [7, 11) is 0. The summed E-state index contributed by atoms with van der Waals surface area (Å²) in [6.45, 7) is 6.18. The number of nitrogens with two attached hydrogens (primary N) is 1. The smallest absolute Gasteiger partial charge is 0.0609 e. The zero-order valence-electron chi connectivity index (χ0n) is 8.75. The zero-order valence-corrected chi connectivity index (χ0v) is 8.75. The molecule has 0 aromatic carbocycles. The van der Waals surface area contributed by atoms with E-state index in [0.29, 0.717) is 18.1 Å². The van der Waals surface area contributed by atoms with Crippen molar-refractivity contribution in [3.63, 3.8) is 0 Å². The average Bonchev–Trinajstić information content (AvgIpc) is 2.14. The lowest BCUT2D eigenvalue weighted by Gasteiger charge is -2.59. The van der Waals surface area contributed by atoms with E-state index >= 15 is 0 Å². The number of rotatable bonds is 3. The Labute approximate surface area is 80.8 Å². The molecular weight excluding hydrogens is 162 g/mol. The first-order valence-electron chi connectivity index (χ1n) is 5.48. The summed E-state index contributed by atoms with van der Waals surface area (Å²) in [4.78, 5) is 0. The minimum atomic E-state index is 0.503. The molecule has 0 amide bonds. The molecule has 0 radical (unpaired) electrons. The van der Waals surface area contributed by atoms with Crippen molar-refractivity contribution in [3.05, 3.63) is 0 Å². The summed E-state index contributed by atoms with van der Waals surface area (Å²) in [5.41, 5.74) is 5.99. The van der Waals surface area contributed by atoms with Crippen molar-refractivity contribution in [2.24, 2.45) is 23.0 Å². The number of fused-ring (bicyclic) bond motifs is 2. The Hall–Kier alpha value is -0.0800. The second-order valence-corrected chi connectivity index (χ2v) is 5.14. The van der Waals surface area contributed by atoms with Crippen LogP contribution in [-0.2, 0) is 4.74 Å². The van der Waals surface area contributed by atoms with Gasteiger partial charge in [-0.15, -0.1) is 0 Å². The van der Waals surface area contributed by atoms with Crippen LogP contribution in [0.2, 0.25) is 0 Å². The van der Waals surface area contributed by atoms with Crippen LogP contribution in [-0.4, -0.2) is 19.3 Å². The van der Waals surface area contributed by atoms with Crippen molar-refractivity contribution >= 4 is 0 Å². The summed E-state index contributed by atoms with van der Waals surface area (Å²) in [5, 5.41) is 0. The Bertz CT molecular complexity index is 189. The summed E-state index contributed by atoms with van der Waals surface area (Å²) in [5.74, 6) is 1.77. The van der Waals surface area contributed by atoms with E-state index in [1.54, 1.807) is 0 Å². The maximum atomic E-state index is 5.79. The minimum Gasteiger partial charge on any atom is -0.377 e. The van der Waals surface area contributed by atoms with Crippen LogP contribution in [0, 0.1) is 17.3 Å². The van der Waals surface area contributed by atoms with Gasteiger partial charge in [0, 0.05) is 6.54 Å². The minimum absolute atomic E-state index is 0.503. The van der Waals surface area contributed by atoms with Crippen LogP contribution in [0.25, 0.3) is 0 Å². The van der Waals surface area contributed by atoms with Gasteiger partial charge in [0.15, 0.2) is 0 Å². The van der Waals surface area contributed by atoms with E-state index in [-0.39, 0.29) is 0 Å². The number of hydrogen-bond donors (Lipinski definition) is 1. The molecule has 76 valence electrons. The highest BCUT2D eigenvalue weighted by Gasteiger charge is 2.54. The molecule has 3 fully saturated rings. The summed E-state index contributed by atoms with van der Waals surface area (Å²) in [6, 6.07) is 0. The molecule has 2 nitrogen and oxygen atoms in total. The molecular formula is C11H21NO. The average molecular weight is 183 g/mol. The molecule has 2 N–H and O–H groups in total. The number of hydrogen-bond acceptors (Lipinski definition) is 2. The fraction of sp³-hybridized carbons (Fsp3) is 1.00. The third-order valence-corrected chi connectivity index (χ3v) is 4.24. The SMILES string of the molecule is CC1(C)C2CCC(OCCN)C1C2. The molecule has 3 saturated carbocycles. The zero-order chi connectivity index (χ0) is 9.47. The predicted octanol–water partition coefficient (Wildman–Crippen LogP) is 1.79. The van der Waals surface area contributed by atoms with Gasteiger partial charge in [-0.25, -0.2) is 0 Å². The molecule has 0 aliphatic heterocycles. The van der Waals surface area contributed by atoms with Crippen molar-refractivity contribution in [3.8, 4) is 0 Å². The van der Waals surface area contributed by atoms with E-state index in [4.69, 9.17) is 10.5 Å². The maximum Gasteiger partial charge on any atom is 0.0609 e. The second kappa shape index (κ2) is 3.25. The van der Waals surface area contributed by atoms with Crippen molar-refractivity contribution in [1.82, 2.24) is 0 Å². The largest absolute Gasteiger partial charge is 0.377 e. The lowest BCUT2D eigenvalue weighted by molar-refractivity contribution is -0.161. The molecule has 0 aromatic heterocycles. The van der Waals surface area contributed by atoms with Crippen LogP contribution in [0.3, 0.4) is 0 Å². The highest BCUT2D eigenvalue weighted by atomic mass is 16.5. The highest BCUT2D eigenvalue weighted by molar-refractivity contribution is 5.04. The Kier molecular flexibility index (Phi) is 2.37. The van der Waals surface area contributed by atoms with Crippen LogP contribution in [0.5, 0.6) is 0 Å². The molecule has 0 saturated heterocycles. The van der Waals surface area contributed by atoms with Crippen molar-refractivity contribution in [1.29, 1.82) is 0 Å². The van der Waals surface area contributed by atoms with Gasteiger partial charge in [0.05, 0.1) is 12.7 Å². The monoisotopic (exact) mass is 183 g/mol. The molecule has 3 aliphatic rings. The standard InChI is InChI=1S/C11H21NO/c1-11(2)8-3-4-10(9(11)7-8)13-6-5-12/h8-10H,3-7,12H2,1-2H3. The van der Waals surface area contributed by atoms with Gasteiger partial charge in [-0.05, 0) is 36.5 Å². The van der Waals surface area contributed by atoms with Gasteiger partial charge >= 0.3 is 0 Å². The molecule has 0 heterocycles. The van der Waals surface area contributed by atoms with Gasteiger partial charge in [0.1, 0.15) is 0 Å². The summed E-state index contributed by atoms with van der Waals surface area (Å²) in [6.07, 6.45) is 4.52. The lowest BCUT2D eigenvalue weighted by atomic mass is 9.48. The van der Waals surface area contributed by atoms with Crippen LogP contribution in [0.1, 0.15) is 33.1 Å². The highest BCUT2D eigenvalue weighted by Crippen LogP contribution is 2.59. The van der Waals surface area contributed by atoms with Crippen LogP contribution in [0.15, 0.2) is 0 Å². The quantitative estimate of drug-likeness (QED) is 0.724. The molecule has 3 atom stereocenters. The van der Waals surface area contributed by atoms with Crippen LogP contribution in [0.4, 0.5) is 0 Å². The van der Waals surface area contributed by atoms with Crippen molar-refractivity contribution < 1.29 is 4.74 Å². The van der Waals surface area contributed by atoms with E-state index in [9.17, 15) is 0 Å². The fourth-order valence-electron chi connectivity index (χ4n) is 3.16. The maximum absolute atomic E-state index is 5.79. The van der Waals surface area contributed by atoms with Gasteiger partial charge < -0.3 is 10.5 Å². The van der Waals surface area contributed by atoms with Crippen LogP contribution < -0.4 is 5.73 Å². The van der Waals surface area contributed by atoms with E-state index in [2.05, 4.69) is 13.8 Å². The van der Waals surface area contributed by atoms with Gasteiger partial charge in [-0.1, -0.05) is 13.8 Å². The Morgan fingerprint density at radius 1 is 1.38 bits per heavy atom. The predicted molar refractivity (Wildman–Crippen MR) is 53.4 cm³/mol. The molecule has 3 unspecified atom stereocenters. The second-order valence-electron chi connectivity index (χ2n) is 5.14. The van der Waals surface area contributed by atoms with Gasteiger partial charge in [-0.2, -0.15) is 0 Å². The molecule has 3 aliphatic carbocycles. The molecule has 2 bridgehead atoms. The third kappa shape index (κ3) is 1.40. The van der Waals surface area contributed by atoms with E-state index in [1.165, 1.54) is 19.3 Å². The topological polar surface area (TPSA) is 35.2 Å². The van der Waals surface area contributed by atoms with Gasteiger partial charge in [0.2, 0.25) is 0 Å². The van der Waals surface area contributed by atoms with E-state index in [0.717, 1.165) is 18.4 Å². The van der Waals surface area contributed by atoms with Crippen molar-refractivity contribution in [2.75, 3.05) is 13.2 Å². The molecule has 2 heteroatoms. The Balaban J connectivity index is 1.91. The number of ether oxygens (including phenoxy) is 1. The molecule has 0 aromatic rings. The first-order valence-corrected chi connectivity index (χ1v) is 5.48.